The van der Waals surface area contributed by atoms with Crippen LogP contribution in [-0.2, 0) is 16.6 Å². The summed E-state index contributed by atoms with van der Waals surface area (Å²) in [5.74, 6) is 0.0364. The van der Waals surface area contributed by atoms with Crippen molar-refractivity contribution in [1.29, 1.82) is 0 Å². The molecule has 0 radical (unpaired) electrons. The molecule has 8 heteroatoms. The van der Waals surface area contributed by atoms with Crippen molar-refractivity contribution in [3.05, 3.63) is 59.7 Å². The van der Waals surface area contributed by atoms with Crippen LogP contribution in [0.25, 0.3) is 0 Å². The summed E-state index contributed by atoms with van der Waals surface area (Å²) < 4.78 is 25.2. The number of carbonyl (C=O) groups excluding carboxylic acids is 1. The average molecular weight is 415 g/mol. The van der Waals surface area contributed by atoms with Gasteiger partial charge < -0.3 is 4.90 Å². The van der Waals surface area contributed by atoms with Gasteiger partial charge in [-0.3, -0.25) is 14.8 Å². The number of hydrogen-bond donors (Lipinski definition) is 0. The van der Waals surface area contributed by atoms with E-state index in [4.69, 9.17) is 0 Å². The molecule has 2 fully saturated rings. The number of hydrogen-bond acceptors (Lipinski definition) is 5. The van der Waals surface area contributed by atoms with Crippen molar-refractivity contribution in [2.24, 2.45) is 0 Å². The SMILES string of the molecule is CS(=O)(=O)N1CCC[C@@H](c2ccc(C(=O)N(Cc3ccccn3)C3CC3)cn2)C1. The zero-order valence-electron chi connectivity index (χ0n) is 16.6. The van der Waals surface area contributed by atoms with Gasteiger partial charge in [-0.05, 0) is 49.9 Å². The van der Waals surface area contributed by atoms with Crippen LogP contribution in [0, 0.1) is 0 Å². The highest BCUT2D eigenvalue weighted by molar-refractivity contribution is 7.88. The molecule has 2 aromatic rings. The molecular weight excluding hydrogens is 388 g/mol. The second-order valence-electron chi connectivity index (χ2n) is 7.92. The van der Waals surface area contributed by atoms with Crippen LogP contribution in [0.4, 0.5) is 0 Å². The third-order valence-corrected chi connectivity index (χ3v) is 6.88. The van der Waals surface area contributed by atoms with Crippen LogP contribution in [0.2, 0.25) is 0 Å². The number of amides is 1. The van der Waals surface area contributed by atoms with Gasteiger partial charge in [0.1, 0.15) is 0 Å². The van der Waals surface area contributed by atoms with Gasteiger partial charge in [0.25, 0.3) is 5.91 Å². The number of piperidine rings is 1. The van der Waals surface area contributed by atoms with Crippen LogP contribution in [0.3, 0.4) is 0 Å². The molecule has 0 spiro atoms. The van der Waals surface area contributed by atoms with E-state index in [-0.39, 0.29) is 17.9 Å². The lowest BCUT2D eigenvalue weighted by Crippen LogP contribution is -2.38. The molecule has 1 saturated carbocycles. The summed E-state index contributed by atoms with van der Waals surface area (Å²) in [7, 11) is -3.19. The Hall–Kier alpha value is -2.32. The summed E-state index contributed by atoms with van der Waals surface area (Å²) >= 11 is 0. The smallest absolute Gasteiger partial charge is 0.256 e. The molecule has 0 unspecified atom stereocenters. The van der Waals surface area contributed by atoms with Crippen molar-refractivity contribution in [3.8, 4) is 0 Å². The molecule has 154 valence electrons. The first-order chi connectivity index (χ1) is 13.9. The lowest BCUT2D eigenvalue weighted by Gasteiger charge is -2.30. The Morgan fingerprint density at radius 3 is 2.62 bits per heavy atom. The van der Waals surface area contributed by atoms with Gasteiger partial charge in [-0.25, -0.2) is 12.7 Å². The molecule has 0 N–H and O–H groups in total. The molecule has 1 saturated heterocycles. The number of carbonyl (C=O) groups is 1. The highest BCUT2D eigenvalue weighted by Gasteiger charge is 2.34. The topological polar surface area (TPSA) is 83.5 Å². The van der Waals surface area contributed by atoms with Gasteiger partial charge in [-0.15, -0.1) is 0 Å². The molecule has 7 nitrogen and oxygen atoms in total. The molecule has 0 aromatic carbocycles. The van der Waals surface area contributed by atoms with Gasteiger partial charge in [-0.2, -0.15) is 0 Å². The Kier molecular flexibility index (Phi) is 5.65. The molecule has 2 aromatic heterocycles. The Morgan fingerprint density at radius 2 is 2.00 bits per heavy atom. The second-order valence-corrected chi connectivity index (χ2v) is 9.90. The molecular formula is C21H26N4O3S. The first kappa shape index (κ1) is 20.0. The molecule has 2 aliphatic rings. The quantitative estimate of drug-likeness (QED) is 0.725. The van der Waals surface area contributed by atoms with Crippen LogP contribution in [0.15, 0.2) is 42.7 Å². The summed E-state index contributed by atoms with van der Waals surface area (Å²) in [5, 5.41) is 0. The minimum Gasteiger partial charge on any atom is -0.330 e. The predicted molar refractivity (Wildman–Crippen MR) is 110 cm³/mol. The van der Waals surface area contributed by atoms with E-state index in [1.807, 2.05) is 35.2 Å². The Morgan fingerprint density at radius 1 is 1.17 bits per heavy atom. The predicted octanol–water partition coefficient (Wildman–Crippen LogP) is 2.42. The van der Waals surface area contributed by atoms with Crippen LogP contribution in [-0.4, -0.2) is 58.9 Å². The standard InChI is InChI=1S/C21H26N4O3S/c1-29(27,28)24-12-4-5-17(14-24)20-10-7-16(13-23-20)21(26)25(19-8-9-19)15-18-6-2-3-11-22-18/h2-3,6-7,10-11,13,17,19H,4-5,8-9,12,14-15H2,1H3/t17-/m1/s1. The van der Waals surface area contributed by atoms with Gasteiger partial charge in [0, 0.05) is 43.1 Å². The monoisotopic (exact) mass is 414 g/mol. The summed E-state index contributed by atoms with van der Waals surface area (Å²) in [6.45, 7) is 1.51. The molecule has 0 bridgehead atoms. The fraction of sp³-hybridized carbons (Fsp3) is 0.476. The summed E-state index contributed by atoms with van der Waals surface area (Å²) in [5.41, 5.74) is 2.28. The lowest BCUT2D eigenvalue weighted by atomic mass is 9.95. The Bertz CT molecular complexity index is 959. The molecule has 1 aliphatic heterocycles. The van der Waals surface area contributed by atoms with Gasteiger partial charge in [0.15, 0.2) is 0 Å². The summed E-state index contributed by atoms with van der Waals surface area (Å²) in [6, 6.07) is 9.68. The van der Waals surface area contributed by atoms with Crippen molar-refractivity contribution in [3.63, 3.8) is 0 Å². The highest BCUT2D eigenvalue weighted by atomic mass is 32.2. The number of aromatic nitrogens is 2. The van der Waals surface area contributed by atoms with Crippen LogP contribution in [0.1, 0.15) is 53.3 Å². The maximum atomic E-state index is 13.1. The highest BCUT2D eigenvalue weighted by Crippen LogP contribution is 2.30. The van der Waals surface area contributed by atoms with Crippen molar-refractivity contribution < 1.29 is 13.2 Å². The molecule has 1 atom stereocenters. The third-order valence-electron chi connectivity index (χ3n) is 5.61. The van der Waals surface area contributed by atoms with Gasteiger partial charge >= 0.3 is 0 Å². The van der Waals surface area contributed by atoms with Crippen molar-refractivity contribution in [2.45, 2.75) is 44.2 Å². The number of sulfonamides is 1. The maximum absolute atomic E-state index is 13.1. The molecule has 4 rings (SSSR count). The summed E-state index contributed by atoms with van der Waals surface area (Å²) in [6.07, 6.45) is 8.38. The minimum absolute atomic E-state index is 0.0291. The van der Waals surface area contributed by atoms with E-state index in [0.29, 0.717) is 25.2 Å². The minimum atomic E-state index is -3.19. The Balaban J connectivity index is 1.47. The number of rotatable bonds is 6. The molecule has 1 aliphatic carbocycles. The fourth-order valence-corrected chi connectivity index (χ4v) is 4.75. The number of nitrogens with zero attached hydrogens (tertiary/aromatic N) is 4. The second kappa shape index (κ2) is 8.20. The van der Waals surface area contributed by atoms with E-state index >= 15 is 0 Å². The van der Waals surface area contributed by atoms with E-state index in [9.17, 15) is 13.2 Å². The van der Waals surface area contributed by atoms with Gasteiger partial charge in [0.05, 0.1) is 24.1 Å². The normalized spacial score (nSPS) is 20.4. The van der Waals surface area contributed by atoms with E-state index in [1.54, 1.807) is 12.4 Å². The van der Waals surface area contributed by atoms with Gasteiger partial charge in [0.2, 0.25) is 10.0 Å². The lowest BCUT2D eigenvalue weighted by molar-refractivity contribution is 0.0727. The summed E-state index contributed by atoms with van der Waals surface area (Å²) in [4.78, 5) is 23.8. The van der Waals surface area contributed by atoms with Crippen LogP contribution >= 0.6 is 0 Å². The average Bonchev–Trinajstić information content (AvgIpc) is 3.57. The number of pyridine rings is 2. The van der Waals surface area contributed by atoms with Crippen molar-refractivity contribution in [1.82, 2.24) is 19.2 Å². The zero-order valence-corrected chi connectivity index (χ0v) is 17.4. The molecule has 29 heavy (non-hydrogen) atoms. The zero-order chi connectivity index (χ0) is 20.4. The fourth-order valence-electron chi connectivity index (χ4n) is 3.84. The first-order valence-corrected chi connectivity index (χ1v) is 11.9. The van der Waals surface area contributed by atoms with Crippen LogP contribution < -0.4 is 0 Å². The van der Waals surface area contributed by atoms with Crippen LogP contribution in [0.5, 0.6) is 0 Å². The van der Waals surface area contributed by atoms with E-state index in [1.165, 1.54) is 10.6 Å². The molecule has 3 heterocycles. The maximum Gasteiger partial charge on any atom is 0.256 e. The van der Waals surface area contributed by atoms with Crippen molar-refractivity contribution in [2.75, 3.05) is 19.3 Å². The molecule has 1 amide bonds. The van der Waals surface area contributed by atoms with E-state index in [2.05, 4.69) is 9.97 Å². The largest absolute Gasteiger partial charge is 0.330 e. The van der Waals surface area contributed by atoms with E-state index < -0.39 is 10.0 Å². The van der Waals surface area contributed by atoms with E-state index in [0.717, 1.165) is 37.1 Å². The van der Waals surface area contributed by atoms with Crippen molar-refractivity contribution >= 4 is 15.9 Å². The first-order valence-electron chi connectivity index (χ1n) is 10.0. The van der Waals surface area contributed by atoms with Gasteiger partial charge in [-0.1, -0.05) is 6.07 Å². The third kappa shape index (κ3) is 4.82. The Labute approximate surface area is 171 Å².